The molecule has 0 saturated carbocycles. The number of nitrogens with zero attached hydrogens (tertiary/aromatic N) is 3. The number of aryl methyl sites for hydroxylation is 2. The van der Waals surface area contributed by atoms with Gasteiger partial charge >= 0.3 is 0 Å². The van der Waals surface area contributed by atoms with Crippen molar-refractivity contribution in [3.63, 3.8) is 0 Å². The van der Waals surface area contributed by atoms with Gasteiger partial charge in [0.2, 0.25) is 10.0 Å². The maximum atomic E-state index is 13.0. The number of morpholine rings is 1. The molecule has 10 heteroatoms. The van der Waals surface area contributed by atoms with Gasteiger partial charge < -0.3 is 10.1 Å². The van der Waals surface area contributed by atoms with Crippen LogP contribution in [0.1, 0.15) is 34.8 Å². The summed E-state index contributed by atoms with van der Waals surface area (Å²) >= 11 is 1.40. The van der Waals surface area contributed by atoms with Crippen LogP contribution in [0.3, 0.4) is 0 Å². The van der Waals surface area contributed by atoms with E-state index in [1.54, 1.807) is 12.1 Å². The molecule has 4 rings (SSSR count). The topological polar surface area (TPSA) is 93.5 Å². The van der Waals surface area contributed by atoms with E-state index in [1.807, 2.05) is 24.6 Å². The molecule has 1 aliphatic heterocycles. The minimum atomic E-state index is -3.64. The van der Waals surface area contributed by atoms with Gasteiger partial charge in [0.25, 0.3) is 5.91 Å². The van der Waals surface area contributed by atoms with Crippen LogP contribution in [-0.4, -0.2) is 54.7 Å². The van der Waals surface area contributed by atoms with Gasteiger partial charge in [0.15, 0.2) is 0 Å². The Morgan fingerprint density at radius 2 is 1.94 bits per heavy atom. The molecule has 0 bridgehead atoms. The number of carbonyl (C=O) groups is 1. The van der Waals surface area contributed by atoms with Crippen molar-refractivity contribution in [3.8, 4) is 0 Å². The second kappa shape index (κ2) is 8.93. The summed E-state index contributed by atoms with van der Waals surface area (Å²) in [5, 5.41) is 8.47. The van der Waals surface area contributed by atoms with Crippen molar-refractivity contribution in [3.05, 3.63) is 40.4 Å². The third-order valence-electron chi connectivity index (χ3n) is 5.43. The predicted octanol–water partition coefficient (Wildman–Crippen LogP) is 3.64. The first-order valence-corrected chi connectivity index (χ1v) is 12.9. The van der Waals surface area contributed by atoms with Gasteiger partial charge in [-0.2, -0.15) is 9.40 Å². The standard InChI is InChI=1S/C22H28N4O4S2/c1-14(2)13-26-22-18(16(4)24-26)12-20(31-22)21(27)23-19-11-17(6-5-15(19)3)32(28,29)25-7-9-30-10-8-25/h5-6,11-12,14H,7-10,13H2,1-4H3,(H,23,27). The summed E-state index contributed by atoms with van der Waals surface area (Å²) in [6.07, 6.45) is 0. The lowest BCUT2D eigenvalue weighted by atomic mass is 10.2. The quantitative estimate of drug-likeness (QED) is 0.586. The third-order valence-corrected chi connectivity index (χ3v) is 8.48. The number of hydrogen-bond acceptors (Lipinski definition) is 6. The first kappa shape index (κ1) is 22.9. The molecule has 1 saturated heterocycles. The van der Waals surface area contributed by atoms with Crippen LogP contribution < -0.4 is 5.32 Å². The molecule has 0 radical (unpaired) electrons. The molecule has 172 valence electrons. The SMILES string of the molecule is Cc1ccc(S(=O)(=O)N2CCOCC2)cc1NC(=O)c1cc2c(C)nn(CC(C)C)c2s1. The van der Waals surface area contributed by atoms with Crippen molar-refractivity contribution in [2.75, 3.05) is 31.6 Å². The zero-order valence-electron chi connectivity index (χ0n) is 18.7. The Kier molecular flexibility index (Phi) is 6.39. The summed E-state index contributed by atoms with van der Waals surface area (Å²) in [7, 11) is -3.64. The number of rotatable bonds is 6. The van der Waals surface area contributed by atoms with Crippen LogP contribution in [0.15, 0.2) is 29.2 Å². The molecular formula is C22H28N4O4S2. The number of nitrogens with one attached hydrogen (secondary N) is 1. The van der Waals surface area contributed by atoms with Crippen LogP contribution in [-0.2, 0) is 21.3 Å². The molecular weight excluding hydrogens is 448 g/mol. The van der Waals surface area contributed by atoms with Gasteiger partial charge in [-0.1, -0.05) is 19.9 Å². The second-order valence-corrected chi connectivity index (χ2v) is 11.4. The summed E-state index contributed by atoms with van der Waals surface area (Å²) in [5.41, 5.74) is 2.18. The van der Waals surface area contributed by atoms with E-state index in [2.05, 4.69) is 24.3 Å². The molecule has 0 spiro atoms. The summed E-state index contributed by atoms with van der Waals surface area (Å²) in [5.74, 6) is 0.182. The second-order valence-electron chi connectivity index (χ2n) is 8.44. The number of anilines is 1. The number of fused-ring (bicyclic) bond motifs is 1. The lowest BCUT2D eigenvalue weighted by Crippen LogP contribution is -2.40. The highest BCUT2D eigenvalue weighted by Crippen LogP contribution is 2.30. The van der Waals surface area contributed by atoms with Gasteiger partial charge in [-0.3, -0.25) is 9.48 Å². The number of amides is 1. The Labute approximate surface area is 192 Å². The van der Waals surface area contributed by atoms with E-state index in [9.17, 15) is 13.2 Å². The Morgan fingerprint density at radius 3 is 2.62 bits per heavy atom. The Balaban J connectivity index is 1.60. The van der Waals surface area contributed by atoms with E-state index in [-0.39, 0.29) is 10.8 Å². The maximum absolute atomic E-state index is 13.0. The highest BCUT2D eigenvalue weighted by Gasteiger charge is 2.27. The Morgan fingerprint density at radius 1 is 1.22 bits per heavy atom. The first-order chi connectivity index (χ1) is 15.2. The molecule has 8 nitrogen and oxygen atoms in total. The molecule has 1 fully saturated rings. The monoisotopic (exact) mass is 476 g/mol. The van der Waals surface area contributed by atoms with Crippen LogP contribution in [0.2, 0.25) is 0 Å². The first-order valence-electron chi connectivity index (χ1n) is 10.6. The Hall–Kier alpha value is -2.27. The molecule has 2 aromatic heterocycles. The highest BCUT2D eigenvalue weighted by molar-refractivity contribution is 7.89. The Bertz CT molecular complexity index is 1250. The van der Waals surface area contributed by atoms with E-state index in [4.69, 9.17) is 4.74 Å². The summed E-state index contributed by atoms with van der Waals surface area (Å²) in [6, 6.07) is 6.70. The molecule has 1 amide bonds. The molecule has 0 unspecified atom stereocenters. The number of aromatic nitrogens is 2. The van der Waals surface area contributed by atoms with E-state index < -0.39 is 10.0 Å². The molecule has 32 heavy (non-hydrogen) atoms. The molecule has 0 atom stereocenters. The largest absolute Gasteiger partial charge is 0.379 e. The molecule has 0 aliphatic carbocycles. The fourth-order valence-electron chi connectivity index (χ4n) is 3.71. The van der Waals surface area contributed by atoms with E-state index in [0.29, 0.717) is 42.8 Å². The normalized spacial score (nSPS) is 15.5. The summed E-state index contributed by atoms with van der Waals surface area (Å²) in [4.78, 5) is 14.7. The average molecular weight is 477 g/mol. The van der Waals surface area contributed by atoms with Gasteiger partial charge in [0, 0.05) is 30.7 Å². The smallest absolute Gasteiger partial charge is 0.265 e. The average Bonchev–Trinajstić information content (AvgIpc) is 3.31. The number of carbonyl (C=O) groups excluding carboxylic acids is 1. The summed E-state index contributed by atoms with van der Waals surface area (Å²) < 4.78 is 34.6. The van der Waals surface area contributed by atoms with Gasteiger partial charge in [-0.25, -0.2) is 8.42 Å². The maximum Gasteiger partial charge on any atom is 0.265 e. The van der Waals surface area contributed by atoms with Crippen LogP contribution >= 0.6 is 11.3 Å². The number of ether oxygens (including phenoxy) is 1. The molecule has 1 N–H and O–H groups in total. The van der Waals surface area contributed by atoms with Gasteiger partial charge in [0.1, 0.15) is 4.83 Å². The third kappa shape index (κ3) is 4.45. The van der Waals surface area contributed by atoms with Crippen LogP contribution in [0.4, 0.5) is 5.69 Å². The predicted molar refractivity (Wildman–Crippen MR) is 126 cm³/mol. The van der Waals surface area contributed by atoms with Crippen molar-refractivity contribution in [2.45, 2.75) is 39.1 Å². The van der Waals surface area contributed by atoms with E-state index in [0.717, 1.165) is 28.0 Å². The van der Waals surface area contributed by atoms with Crippen molar-refractivity contribution >= 4 is 43.2 Å². The number of hydrogen-bond donors (Lipinski definition) is 1. The molecule has 3 heterocycles. The summed E-state index contributed by atoms with van der Waals surface area (Å²) in [6.45, 7) is 10.2. The number of sulfonamides is 1. The zero-order valence-corrected chi connectivity index (χ0v) is 20.3. The van der Waals surface area contributed by atoms with Crippen molar-refractivity contribution in [2.24, 2.45) is 5.92 Å². The van der Waals surface area contributed by atoms with E-state index >= 15 is 0 Å². The van der Waals surface area contributed by atoms with Gasteiger partial charge in [-0.05, 0) is 43.5 Å². The highest BCUT2D eigenvalue weighted by atomic mass is 32.2. The van der Waals surface area contributed by atoms with Crippen LogP contribution in [0.5, 0.6) is 0 Å². The fraction of sp³-hybridized carbons (Fsp3) is 0.455. The molecule has 1 aliphatic rings. The lowest BCUT2D eigenvalue weighted by molar-refractivity contribution is 0.0730. The minimum Gasteiger partial charge on any atom is -0.379 e. The van der Waals surface area contributed by atoms with E-state index in [1.165, 1.54) is 21.7 Å². The van der Waals surface area contributed by atoms with Crippen LogP contribution in [0.25, 0.3) is 10.2 Å². The van der Waals surface area contributed by atoms with Gasteiger partial charge in [0.05, 0.1) is 28.7 Å². The lowest BCUT2D eigenvalue weighted by Gasteiger charge is -2.26. The van der Waals surface area contributed by atoms with Crippen molar-refractivity contribution < 1.29 is 17.9 Å². The number of thiophene rings is 1. The van der Waals surface area contributed by atoms with Crippen molar-refractivity contribution in [1.29, 1.82) is 0 Å². The minimum absolute atomic E-state index is 0.167. The number of benzene rings is 1. The molecule has 1 aromatic carbocycles. The fourth-order valence-corrected chi connectivity index (χ4v) is 6.21. The zero-order chi connectivity index (χ0) is 23.0. The van der Waals surface area contributed by atoms with Crippen molar-refractivity contribution in [1.82, 2.24) is 14.1 Å². The molecule has 3 aromatic rings. The van der Waals surface area contributed by atoms with Gasteiger partial charge in [-0.15, -0.1) is 11.3 Å². The van der Waals surface area contributed by atoms with Crippen LogP contribution in [0, 0.1) is 19.8 Å².